The normalized spacial score (nSPS) is 18.6. The van der Waals surface area contributed by atoms with Gasteiger partial charge in [-0.1, -0.05) is 32.0 Å². The number of hydrogen-bond donors (Lipinski definition) is 1. The Bertz CT molecular complexity index is 642. The highest BCUT2D eigenvalue weighted by Gasteiger charge is 2.40. The molecule has 0 saturated heterocycles. The third kappa shape index (κ3) is 3.58. The van der Waals surface area contributed by atoms with Crippen molar-refractivity contribution in [1.82, 2.24) is 0 Å². The number of aliphatic carboxylic acids is 1. The van der Waals surface area contributed by atoms with Gasteiger partial charge in [0.1, 0.15) is 6.04 Å². The Labute approximate surface area is 141 Å². The molecule has 130 valence electrons. The molecule has 0 aliphatic carbocycles. The van der Waals surface area contributed by atoms with Crippen molar-refractivity contribution in [3.63, 3.8) is 0 Å². The first kappa shape index (κ1) is 18.0. The first-order valence-corrected chi connectivity index (χ1v) is 8.17. The summed E-state index contributed by atoms with van der Waals surface area (Å²) in [7, 11) is 0. The Morgan fingerprint density at radius 2 is 1.92 bits per heavy atom. The fraction of sp³-hybridized carbons (Fsp3) is 0.500. The van der Waals surface area contributed by atoms with E-state index in [1.807, 2.05) is 12.1 Å². The number of ether oxygens (including phenoxy) is 1. The van der Waals surface area contributed by atoms with E-state index in [-0.39, 0.29) is 11.9 Å². The van der Waals surface area contributed by atoms with Crippen LogP contribution in [0.2, 0.25) is 0 Å². The quantitative estimate of drug-likeness (QED) is 0.807. The second-order valence-electron chi connectivity index (χ2n) is 6.18. The molecule has 0 fully saturated rings. The maximum absolute atomic E-state index is 12.8. The van der Waals surface area contributed by atoms with E-state index in [9.17, 15) is 19.5 Å². The number of carboxylic acid groups (broad SMARTS) is 1. The van der Waals surface area contributed by atoms with Crippen molar-refractivity contribution in [3.8, 4) is 0 Å². The van der Waals surface area contributed by atoms with Gasteiger partial charge in [0.2, 0.25) is 5.91 Å². The first-order chi connectivity index (χ1) is 11.4. The molecule has 3 atom stereocenters. The number of amides is 1. The molecule has 1 aliphatic rings. The molecule has 0 saturated carbocycles. The van der Waals surface area contributed by atoms with Gasteiger partial charge in [0.25, 0.3) is 0 Å². The number of carbonyl (C=O) groups excluding carboxylic acids is 2. The number of esters is 1. The maximum atomic E-state index is 12.8. The number of nitrogens with zero attached hydrogens (tertiary/aromatic N) is 1. The van der Waals surface area contributed by atoms with Crippen LogP contribution in [-0.4, -0.2) is 35.6 Å². The standard InChI is InChI=1S/C18H23NO5/c1-4-24-18(23)12(3)9-11(2)16(20)19-14-8-6-5-7-13(14)10-15(19)17(21)22/h5-8,11-12,15H,4,9-10H2,1-3H3,(H,21,22)/t11?,12?,15-/m0/s1. The van der Waals surface area contributed by atoms with Crippen LogP contribution < -0.4 is 4.90 Å². The van der Waals surface area contributed by atoms with E-state index >= 15 is 0 Å². The summed E-state index contributed by atoms with van der Waals surface area (Å²) in [4.78, 5) is 37.5. The predicted octanol–water partition coefficient (Wildman–Crippen LogP) is 2.25. The summed E-state index contributed by atoms with van der Waals surface area (Å²) in [6, 6.07) is 6.32. The zero-order chi connectivity index (χ0) is 17.9. The van der Waals surface area contributed by atoms with Crippen LogP contribution in [0.3, 0.4) is 0 Å². The van der Waals surface area contributed by atoms with Crippen LogP contribution in [0.15, 0.2) is 24.3 Å². The van der Waals surface area contributed by atoms with Crippen molar-refractivity contribution < 1.29 is 24.2 Å². The lowest BCUT2D eigenvalue weighted by Crippen LogP contribution is -2.45. The molecule has 1 aromatic rings. The third-order valence-corrected chi connectivity index (χ3v) is 4.32. The SMILES string of the molecule is CCOC(=O)C(C)CC(C)C(=O)N1c2ccccc2C[C@H]1C(=O)O. The van der Waals surface area contributed by atoms with E-state index in [1.54, 1.807) is 32.9 Å². The van der Waals surface area contributed by atoms with Gasteiger partial charge in [-0.3, -0.25) is 14.5 Å². The average molecular weight is 333 g/mol. The van der Waals surface area contributed by atoms with Gasteiger partial charge in [-0.2, -0.15) is 0 Å². The Kier molecular flexibility index (Phi) is 5.59. The Morgan fingerprint density at radius 1 is 1.25 bits per heavy atom. The predicted molar refractivity (Wildman–Crippen MR) is 88.6 cm³/mol. The molecule has 24 heavy (non-hydrogen) atoms. The molecule has 6 nitrogen and oxygen atoms in total. The Hall–Kier alpha value is -2.37. The monoisotopic (exact) mass is 333 g/mol. The number of para-hydroxylation sites is 1. The minimum Gasteiger partial charge on any atom is -0.480 e. The van der Waals surface area contributed by atoms with Crippen molar-refractivity contribution in [2.24, 2.45) is 11.8 Å². The molecule has 1 heterocycles. The number of benzene rings is 1. The van der Waals surface area contributed by atoms with Crippen LogP contribution in [0.25, 0.3) is 0 Å². The number of carbonyl (C=O) groups is 3. The van der Waals surface area contributed by atoms with Crippen LogP contribution >= 0.6 is 0 Å². The first-order valence-electron chi connectivity index (χ1n) is 8.17. The van der Waals surface area contributed by atoms with E-state index in [1.165, 1.54) is 4.90 Å². The van der Waals surface area contributed by atoms with Crippen LogP contribution in [0.1, 0.15) is 32.8 Å². The summed E-state index contributed by atoms with van der Waals surface area (Å²) >= 11 is 0. The zero-order valence-corrected chi connectivity index (χ0v) is 14.2. The third-order valence-electron chi connectivity index (χ3n) is 4.32. The highest BCUT2D eigenvalue weighted by molar-refractivity contribution is 6.03. The molecule has 2 rings (SSSR count). The molecule has 2 unspecified atom stereocenters. The number of hydrogen-bond acceptors (Lipinski definition) is 4. The van der Waals surface area contributed by atoms with Gasteiger partial charge in [-0.05, 0) is 25.0 Å². The molecule has 6 heteroatoms. The van der Waals surface area contributed by atoms with Crippen molar-refractivity contribution in [2.75, 3.05) is 11.5 Å². The molecule has 1 aromatic carbocycles. The summed E-state index contributed by atoms with van der Waals surface area (Å²) in [5.41, 5.74) is 1.49. The van der Waals surface area contributed by atoms with E-state index < -0.39 is 23.8 Å². The smallest absolute Gasteiger partial charge is 0.327 e. The summed E-state index contributed by atoms with van der Waals surface area (Å²) in [5, 5.41) is 9.46. The van der Waals surface area contributed by atoms with Gasteiger partial charge in [-0.15, -0.1) is 0 Å². The highest BCUT2D eigenvalue weighted by Crippen LogP contribution is 2.34. The summed E-state index contributed by atoms with van der Waals surface area (Å²) < 4.78 is 4.97. The van der Waals surface area contributed by atoms with Gasteiger partial charge in [0.15, 0.2) is 0 Å². The van der Waals surface area contributed by atoms with Crippen molar-refractivity contribution in [1.29, 1.82) is 0 Å². The molecule has 0 aromatic heterocycles. The van der Waals surface area contributed by atoms with Crippen molar-refractivity contribution in [2.45, 2.75) is 39.7 Å². The lowest BCUT2D eigenvalue weighted by atomic mass is 9.95. The maximum Gasteiger partial charge on any atom is 0.327 e. The van der Waals surface area contributed by atoms with Gasteiger partial charge in [-0.25, -0.2) is 4.79 Å². The molecule has 0 spiro atoms. The molecular weight excluding hydrogens is 310 g/mol. The molecule has 1 N–H and O–H groups in total. The topological polar surface area (TPSA) is 83.9 Å². The van der Waals surface area contributed by atoms with E-state index in [2.05, 4.69) is 0 Å². The summed E-state index contributed by atoms with van der Waals surface area (Å²) in [5.74, 6) is -2.52. The largest absolute Gasteiger partial charge is 0.480 e. The molecule has 0 bridgehead atoms. The van der Waals surface area contributed by atoms with E-state index in [0.717, 1.165) is 5.56 Å². The van der Waals surface area contributed by atoms with Crippen LogP contribution in [0.4, 0.5) is 5.69 Å². The van der Waals surface area contributed by atoms with Gasteiger partial charge in [0, 0.05) is 18.0 Å². The van der Waals surface area contributed by atoms with Crippen LogP contribution in [0, 0.1) is 11.8 Å². The Morgan fingerprint density at radius 3 is 2.54 bits per heavy atom. The average Bonchev–Trinajstić information content (AvgIpc) is 2.93. The van der Waals surface area contributed by atoms with E-state index in [4.69, 9.17) is 4.74 Å². The van der Waals surface area contributed by atoms with Crippen molar-refractivity contribution in [3.05, 3.63) is 29.8 Å². The summed E-state index contributed by atoms with van der Waals surface area (Å²) in [6.45, 7) is 5.47. The second-order valence-corrected chi connectivity index (χ2v) is 6.18. The number of carboxylic acids is 1. The highest BCUT2D eigenvalue weighted by atomic mass is 16.5. The van der Waals surface area contributed by atoms with Crippen LogP contribution in [0.5, 0.6) is 0 Å². The molecule has 0 radical (unpaired) electrons. The number of rotatable bonds is 6. The minimum absolute atomic E-state index is 0.275. The second kappa shape index (κ2) is 7.47. The van der Waals surface area contributed by atoms with E-state index in [0.29, 0.717) is 25.1 Å². The van der Waals surface area contributed by atoms with Crippen LogP contribution in [-0.2, 0) is 25.5 Å². The lowest BCUT2D eigenvalue weighted by molar-refractivity contribution is -0.148. The molecule has 1 amide bonds. The zero-order valence-electron chi connectivity index (χ0n) is 14.2. The Balaban J connectivity index is 2.17. The minimum atomic E-state index is -1.02. The van der Waals surface area contributed by atoms with Gasteiger partial charge in [0.05, 0.1) is 12.5 Å². The lowest BCUT2D eigenvalue weighted by Gasteiger charge is -2.26. The molecule has 1 aliphatic heterocycles. The van der Waals surface area contributed by atoms with Gasteiger partial charge < -0.3 is 9.84 Å². The van der Waals surface area contributed by atoms with Crippen molar-refractivity contribution >= 4 is 23.5 Å². The fourth-order valence-electron chi connectivity index (χ4n) is 3.11. The fourth-order valence-corrected chi connectivity index (χ4v) is 3.11. The summed E-state index contributed by atoms with van der Waals surface area (Å²) in [6.07, 6.45) is 0.625. The number of fused-ring (bicyclic) bond motifs is 1. The molecular formula is C18H23NO5. The van der Waals surface area contributed by atoms with Gasteiger partial charge >= 0.3 is 11.9 Å². The number of anilines is 1.